The van der Waals surface area contributed by atoms with Crippen LogP contribution in [0.2, 0.25) is 15.1 Å². The number of halogens is 3. The Morgan fingerprint density at radius 3 is 2.32 bits per heavy atom. The van der Waals surface area contributed by atoms with E-state index in [4.69, 9.17) is 34.8 Å². The molecule has 0 fully saturated rings. The summed E-state index contributed by atoms with van der Waals surface area (Å²) in [6.07, 6.45) is 0. The van der Waals surface area contributed by atoms with E-state index in [-0.39, 0.29) is 10.6 Å². The minimum Gasteiger partial charge on any atom is -0.307 e. The van der Waals surface area contributed by atoms with Gasteiger partial charge in [-0.25, -0.2) is 10.2 Å². The largest absolute Gasteiger partial charge is 0.337 e. The molecule has 22 heavy (non-hydrogen) atoms. The Morgan fingerprint density at radius 1 is 0.864 bits per heavy atom. The minimum atomic E-state index is -0.615. The van der Waals surface area contributed by atoms with Gasteiger partial charge in [0.25, 0.3) is 5.91 Å². The van der Waals surface area contributed by atoms with Crippen molar-refractivity contribution in [3.8, 4) is 0 Å². The van der Waals surface area contributed by atoms with Crippen molar-refractivity contribution in [1.29, 1.82) is 0 Å². The lowest BCUT2D eigenvalue weighted by molar-refractivity contribution is 0.0938. The van der Waals surface area contributed by atoms with Crippen LogP contribution in [0.4, 0.5) is 10.5 Å². The highest BCUT2D eigenvalue weighted by molar-refractivity contribution is 6.42. The van der Waals surface area contributed by atoms with Crippen molar-refractivity contribution in [2.75, 3.05) is 5.32 Å². The smallest absolute Gasteiger partial charge is 0.307 e. The number of anilines is 1. The van der Waals surface area contributed by atoms with Gasteiger partial charge in [0.15, 0.2) is 0 Å². The van der Waals surface area contributed by atoms with E-state index in [1.807, 2.05) is 0 Å². The van der Waals surface area contributed by atoms with Gasteiger partial charge in [0.2, 0.25) is 0 Å². The topological polar surface area (TPSA) is 70.2 Å². The van der Waals surface area contributed by atoms with E-state index in [1.54, 1.807) is 24.3 Å². The summed E-state index contributed by atoms with van der Waals surface area (Å²) in [5.74, 6) is -0.528. The fourth-order valence-electron chi connectivity index (χ4n) is 1.55. The number of nitrogens with one attached hydrogen (secondary N) is 3. The summed E-state index contributed by atoms with van der Waals surface area (Å²) in [4.78, 5) is 23.5. The summed E-state index contributed by atoms with van der Waals surface area (Å²) < 4.78 is 0. The number of carbonyl (C=O) groups is 2. The number of hydrogen-bond acceptors (Lipinski definition) is 2. The van der Waals surface area contributed by atoms with Gasteiger partial charge >= 0.3 is 6.03 Å². The standard InChI is InChI=1S/C14H10Cl3N3O2/c15-9-2-1-3-10(7-9)18-14(22)20-19-13(21)8-4-5-11(16)12(17)6-8/h1-7H,(H,19,21)(H2,18,20,22). The molecule has 0 atom stereocenters. The van der Waals surface area contributed by atoms with Gasteiger partial charge in [0, 0.05) is 16.3 Å². The van der Waals surface area contributed by atoms with E-state index in [0.29, 0.717) is 15.7 Å². The van der Waals surface area contributed by atoms with Gasteiger partial charge in [-0.15, -0.1) is 0 Å². The van der Waals surface area contributed by atoms with Gasteiger partial charge < -0.3 is 5.32 Å². The van der Waals surface area contributed by atoms with Crippen molar-refractivity contribution < 1.29 is 9.59 Å². The molecule has 0 aliphatic carbocycles. The number of urea groups is 1. The highest BCUT2D eigenvalue weighted by atomic mass is 35.5. The SMILES string of the molecule is O=C(NNC(=O)c1ccc(Cl)c(Cl)c1)Nc1cccc(Cl)c1. The molecule has 0 spiro atoms. The first kappa shape index (κ1) is 16.4. The second-order valence-corrected chi connectivity index (χ2v) is 5.42. The number of amides is 3. The molecule has 114 valence electrons. The summed E-state index contributed by atoms with van der Waals surface area (Å²) in [6.45, 7) is 0. The van der Waals surface area contributed by atoms with Crippen molar-refractivity contribution >= 4 is 52.4 Å². The summed E-state index contributed by atoms with van der Waals surface area (Å²) in [7, 11) is 0. The number of carbonyl (C=O) groups excluding carboxylic acids is 2. The fraction of sp³-hybridized carbons (Fsp3) is 0. The highest BCUT2D eigenvalue weighted by Crippen LogP contribution is 2.22. The van der Waals surface area contributed by atoms with Crippen molar-refractivity contribution in [3.05, 3.63) is 63.1 Å². The molecule has 3 N–H and O–H groups in total. The summed E-state index contributed by atoms with van der Waals surface area (Å²) in [5.41, 5.74) is 5.21. The zero-order valence-electron chi connectivity index (χ0n) is 11.0. The molecule has 5 nitrogen and oxygen atoms in total. The van der Waals surface area contributed by atoms with Gasteiger partial charge in [-0.3, -0.25) is 10.2 Å². The molecule has 8 heteroatoms. The maximum absolute atomic E-state index is 11.8. The van der Waals surface area contributed by atoms with Gasteiger partial charge in [-0.1, -0.05) is 40.9 Å². The van der Waals surface area contributed by atoms with Crippen LogP contribution < -0.4 is 16.2 Å². The molecule has 0 radical (unpaired) electrons. The van der Waals surface area contributed by atoms with Crippen LogP contribution in [-0.4, -0.2) is 11.9 Å². The first-order valence-corrected chi connectivity index (χ1v) is 7.17. The van der Waals surface area contributed by atoms with Gasteiger partial charge in [-0.2, -0.15) is 0 Å². The van der Waals surface area contributed by atoms with E-state index in [9.17, 15) is 9.59 Å². The molecule has 0 bridgehead atoms. The molecule has 0 aromatic heterocycles. The first-order chi connectivity index (χ1) is 10.5. The lowest BCUT2D eigenvalue weighted by Crippen LogP contribution is -2.43. The van der Waals surface area contributed by atoms with E-state index in [2.05, 4.69) is 16.2 Å². The fourth-order valence-corrected chi connectivity index (χ4v) is 2.04. The van der Waals surface area contributed by atoms with E-state index in [0.717, 1.165) is 0 Å². The Bertz CT molecular complexity index is 722. The third kappa shape index (κ3) is 4.53. The van der Waals surface area contributed by atoms with Crippen molar-refractivity contribution in [3.63, 3.8) is 0 Å². The highest BCUT2D eigenvalue weighted by Gasteiger charge is 2.09. The van der Waals surface area contributed by atoms with Crippen LogP contribution in [-0.2, 0) is 0 Å². The number of benzene rings is 2. The Hall–Kier alpha value is -1.95. The zero-order chi connectivity index (χ0) is 16.1. The minimum absolute atomic E-state index is 0.248. The molecule has 0 unspecified atom stereocenters. The van der Waals surface area contributed by atoms with Crippen molar-refractivity contribution in [2.24, 2.45) is 0 Å². The normalized spacial score (nSPS) is 9.95. The molecule has 0 aliphatic rings. The average molecular weight is 359 g/mol. The van der Waals surface area contributed by atoms with Crippen LogP contribution in [0.25, 0.3) is 0 Å². The second kappa shape index (κ2) is 7.35. The first-order valence-electron chi connectivity index (χ1n) is 6.03. The molecule has 2 aromatic carbocycles. The van der Waals surface area contributed by atoms with Crippen LogP contribution >= 0.6 is 34.8 Å². The summed E-state index contributed by atoms with van der Waals surface area (Å²) in [5, 5.41) is 3.58. The molecule has 0 saturated heterocycles. The zero-order valence-corrected chi connectivity index (χ0v) is 13.3. The van der Waals surface area contributed by atoms with Crippen molar-refractivity contribution in [2.45, 2.75) is 0 Å². The Kier molecular flexibility index (Phi) is 5.49. The van der Waals surface area contributed by atoms with Crippen molar-refractivity contribution in [1.82, 2.24) is 10.9 Å². The number of hydrogen-bond donors (Lipinski definition) is 3. The third-order valence-corrected chi connectivity index (χ3v) is 3.53. The molecular formula is C14H10Cl3N3O2. The molecular weight excluding hydrogens is 349 g/mol. The molecule has 2 aromatic rings. The Labute approximate surface area is 141 Å². The quantitative estimate of drug-likeness (QED) is 0.707. The van der Waals surface area contributed by atoms with E-state index < -0.39 is 11.9 Å². The number of hydrazine groups is 1. The lowest BCUT2D eigenvalue weighted by Gasteiger charge is -2.09. The van der Waals surface area contributed by atoms with E-state index >= 15 is 0 Å². The van der Waals surface area contributed by atoms with Crippen LogP contribution in [0.5, 0.6) is 0 Å². The Balaban J connectivity index is 1.90. The summed E-state index contributed by atoms with van der Waals surface area (Å²) in [6, 6.07) is 10.4. The van der Waals surface area contributed by atoms with Crippen LogP contribution in [0.15, 0.2) is 42.5 Å². The monoisotopic (exact) mass is 357 g/mol. The van der Waals surface area contributed by atoms with Gasteiger partial charge in [0.1, 0.15) is 0 Å². The van der Waals surface area contributed by atoms with Gasteiger partial charge in [-0.05, 0) is 36.4 Å². The molecule has 2 rings (SSSR count). The lowest BCUT2D eigenvalue weighted by atomic mass is 10.2. The molecule has 3 amide bonds. The second-order valence-electron chi connectivity index (χ2n) is 4.17. The average Bonchev–Trinajstić information content (AvgIpc) is 2.47. The predicted octanol–water partition coefficient (Wildman–Crippen LogP) is 4.11. The maximum atomic E-state index is 11.8. The molecule has 0 saturated carbocycles. The van der Waals surface area contributed by atoms with Crippen LogP contribution in [0, 0.1) is 0 Å². The van der Waals surface area contributed by atoms with Crippen LogP contribution in [0.1, 0.15) is 10.4 Å². The number of rotatable bonds is 2. The predicted molar refractivity (Wildman–Crippen MR) is 87.5 cm³/mol. The Morgan fingerprint density at radius 2 is 1.64 bits per heavy atom. The van der Waals surface area contributed by atoms with Crippen LogP contribution in [0.3, 0.4) is 0 Å². The third-order valence-electron chi connectivity index (χ3n) is 2.55. The maximum Gasteiger partial charge on any atom is 0.337 e. The molecule has 0 heterocycles. The summed E-state index contributed by atoms with van der Waals surface area (Å²) >= 11 is 17.4. The molecule has 0 aliphatic heterocycles. The van der Waals surface area contributed by atoms with E-state index in [1.165, 1.54) is 18.2 Å². The van der Waals surface area contributed by atoms with Gasteiger partial charge in [0.05, 0.1) is 10.0 Å².